The first-order chi connectivity index (χ1) is 13.4. The highest BCUT2D eigenvalue weighted by Gasteiger charge is 2.30. The van der Waals surface area contributed by atoms with E-state index >= 15 is 0 Å². The van der Waals surface area contributed by atoms with E-state index in [1.54, 1.807) is 17.1 Å². The van der Waals surface area contributed by atoms with Crippen molar-refractivity contribution in [2.24, 2.45) is 11.6 Å². The van der Waals surface area contributed by atoms with E-state index in [2.05, 4.69) is 16.9 Å². The molecule has 0 bridgehead atoms. The van der Waals surface area contributed by atoms with Gasteiger partial charge in [-0.1, -0.05) is 6.92 Å². The standard InChI is InChI=1S/C18H24N6O3P.ClH/c1-11-7-10-24(20)14-4-6-15(21-17(11)14)26-28(25)27-16-5-3-12-13(19)8-9-23(2)18(12)22-16;/h3-6,11,13H,7-10,19-20H2,1-2H3;1H/q+1;. The molecule has 0 saturated heterocycles. The molecule has 156 valence electrons. The third kappa shape index (κ3) is 4.38. The largest absolute Gasteiger partial charge is 0.808 e. The lowest BCUT2D eigenvalue weighted by Crippen LogP contribution is -2.37. The van der Waals surface area contributed by atoms with Crippen LogP contribution in [-0.2, 0) is 4.57 Å². The Morgan fingerprint density at radius 1 is 1.10 bits per heavy atom. The number of aromatic nitrogens is 2. The summed E-state index contributed by atoms with van der Waals surface area (Å²) in [6.45, 7) is 3.66. The van der Waals surface area contributed by atoms with E-state index in [0.29, 0.717) is 0 Å². The molecule has 29 heavy (non-hydrogen) atoms. The van der Waals surface area contributed by atoms with E-state index in [0.717, 1.165) is 48.7 Å². The van der Waals surface area contributed by atoms with Gasteiger partial charge in [0.25, 0.3) is 11.8 Å². The third-order valence-corrected chi connectivity index (χ3v) is 5.88. The topological polar surface area (TPSA) is 120 Å². The maximum Gasteiger partial charge on any atom is 0.808 e. The van der Waals surface area contributed by atoms with Crippen LogP contribution in [0.25, 0.3) is 0 Å². The SMILES string of the molecule is CC1CCN(N)c2ccc(O[P+](=O)Oc3ccc4c(n3)N(C)CCC4N)nc21.Cl. The smallest absolute Gasteiger partial charge is 0.359 e. The molecule has 4 N–H and O–H groups in total. The number of anilines is 2. The molecular formula is C18H25ClN6O3P+. The van der Waals surface area contributed by atoms with Crippen LogP contribution in [0.1, 0.15) is 43.0 Å². The van der Waals surface area contributed by atoms with Crippen molar-refractivity contribution in [3.05, 3.63) is 35.5 Å². The van der Waals surface area contributed by atoms with Crippen LogP contribution < -0.4 is 30.5 Å². The van der Waals surface area contributed by atoms with Crippen LogP contribution >= 0.6 is 20.7 Å². The zero-order valence-electron chi connectivity index (χ0n) is 16.3. The Morgan fingerprint density at radius 2 is 1.79 bits per heavy atom. The maximum absolute atomic E-state index is 12.4. The van der Waals surface area contributed by atoms with Crippen molar-refractivity contribution in [3.8, 4) is 11.8 Å². The fourth-order valence-electron chi connectivity index (χ4n) is 3.55. The normalized spacial score (nSPS) is 20.9. The van der Waals surface area contributed by atoms with Crippen molar-refractivity contribution in [2.75, 3.05) is 30.0 Å². The minimum atomic E-state index is -2.48. The van der Waals surface area contributed by atoms with Gasteiger partial charge in [0.05, 0.1) is 11.4 Å². The quantitative estimate of drug-likeness (QED) is 0.547. The summed E-state index contributed by atoms with van der Waals surface area (Å²) in [7, 11) is -0.539. The van der Waals surface area contributed by atoms with Gasteiger partial charge < -0.3 is 15.6 Å². The van der Waals surface area contributed by atoms with Gasteiger partial charge in [0, 0.05) is 54.4 Å². The summed E-state index contributed by atoms with van der Waals surface area (Å²) in [6, 6.07) is 6.92. The van der Waals surface area contributed by atoms with Crippen LogP contribution in [0.4, 0.5) is 11.5 Å². The van der Waals surface area contributed by atoms with Crippen molar-refractivity contribution in [3.63, 3.8) is 0 Å². The lowest BCUT2D eigenvalue weighted by Gasteiger charge is -2.29. The minimum Gasteiger partial charge on any atom is -0.359 e. The Bertz CT molecular complexity index is 846. The molecule has 4 heterocycles. The number of hydrogen-bond acceptors (Lipinski definition) is 9. The van der Waals surface area contributed by atoms with Crippen LogP contribution in [0.5, 0.6) is 11.8 Å². The first-order valence-corrected chi connectivity index (χ1v) is 10.4. The molecule has 0 amide bonds. The zero-order valence-corrected chi connectivity index (χ0v) is 18.0. The highest BCUT2D eigenvalue weighted by molar-refractivity contribution is 7.34. The van der Waals surface area contributed by atoms with Gasteiger partial charge in [0.2, 0.25) is 0 Å². The van der Waals surface area contributed by atoms with Gasteiger partial charge in [0.15, 0.2) is 0 Å². The first kappa shape index (κ1) is 21.5. The average molecular weight is 440 g/mol. The number of fused-ring (bicyclic) bond motifs is 2. The lowest BCUT2D eigenvalue weighted by atomic mass is 9.97. The Kier molecular flexibility index (Phi) is 6.43. The van der Waals surface area contributed by atoms with Gasteiger partial charge >= 0.3 is 8.25 Å². The van der Waals surface area contributed by atoms with Crippen LogP contribution in [0.2, 0.25) is 0 Å². The summed E-state index contributed by atoms with van der Waals surface area (Å²) >= 11 is 0. The van der Waals surface area contributed by atoms with E-state index in [1.165, 1.54) is 0 Å². The molecule has 2 aromatic heterocycles. The Morgan fingerprint density at radius 3 is 2.55 bits per heavy atom. The van der Waals surface area contributed by atoms with E-state index in [9.17, 15) is 4.57 Å². The number of hydrogen-bond donors (Lipinski definition) is 2. The number of hydrazine groups is 1. The second-order valence-corrected chi connectivity index (χ2v) is 8.03. The number of pyridine rings is 2. The first-order valence-electron chi connectivity index (χ1n) is 9.26. The van der Waals surface area contributed by atoms with Crippen molar-refractivity contribution < 1.29 is 13.6 Å². The Labute approximate surface area is 176 Å². The molecule has 0 aromatic carbocycles. The van der Waals surface area contributed by atoms with Gasteiger partial charge in [-0.25, -0.2) is 19.9 Å². The van der Waals surface area contributed by atoms with Crippen molar-refractivity contribution in [1.82, 2.24) is 9.97 Å². The van der Waals surface area contributed by atoms with Gasteiger partial charge in [-0.2, -0.15) is 4.98 Å². The molecular weight excluding hydrogens is 415 g/mol. The predicted molar refractivity (Wildman–Crippen MR) is 114 cm³/mol. The fraction of sp³-hybridized carbons (Fsp3) is 0.444. The van der Waals surface area contributed by atoms with Gasteiger partial charge in [-0.05, 0) is 25.0 Å². The van der Waals surface area contributed by atoms with Crippen molar-refractivity contribution in [1.29, 1.82) is 0 Å². The second-order valence-electron chi connectivity index (χ2n) is 7.22. The van der Waals surface area contributed by atoms with Crippen LogP contribution in [0.3, 0.4) is 0 Å². The molecule has 0 saturated carbocycles. The molecule has 2 aliphatic rings. The van der Waals surface area contributed by atoms with E-state index in [1.807, 2.05) is 24.1 Å². The molecule has 2 aromatic rings. The summed E-state index contributed by atoms with van der Waals surface area (Å²) in [6.07, 6.45) is 1.77. The van der Waals surface area contributed by atoms with Crippen molar-refractivity contribution in [2.45, 2.75) is 31.7 Å². The van der Waals surface area contributed by atoms with Crippen molar-refractivity contribution >= 4 is 32.2 Å². The monoisotopic (exact) mass is 439 g/mol. The number of halogens is 1. The maximum atomic E-state index is 12.4. The van der Waals surface area contributed by atoms with E-state index in [4.69, 9.17) is 20.6 Å². The van der Waals surface area contributed by atoms with Crippen LogP contribution in [-0.4, -0.2) is 30.1 Å². The highest BCUT2D eigenvalue weighted by atomic mass is 35.5. The molecule has 3 unspecified atom stereocenters. The van der Waals surface area contributed by atoms with Gasteiger partial charge in [-0.3, -0.25) is 0 Å². The van der Waals surface area contributed by atoms with Gasteiger partial charge in [-0.15, -0.1) is 12.4 Å². The summed E-state index contributed by atoms with van der Waals surface area (Å²) < 4.78 is 23.2. The predicted octanol–water partition coefficient (Wildman–Crippen LogP) is 3.04. The summed E-state index contributed by atoms with van der Waals surface area (Å²) in [5.41, 5.74) is 8.77. The van der Waals surface area contributed by atoms with Gasteiger partial charge in [0.1, 0.15) is 5.82 Å². The molecule has 0 aliphatic carbocycles. The van der Waals surface area contributed by atoms with Crippen LogP contribution in [0.15, 0.2) is 24.3 Å². The minimum absolute atomic E-state index is 0. The summed E-state index contributed by atoms with van der Waals surface area (Å²) in [4.78, 5) is 10.9. The Hall–Kier alpha value is -2.19. The lowest BCUT2D eigenvalue weighted by molar-refractivity contribution is 0.401. The molecule has 2 aliphatic heterocycles. The Balaban J connectivity index is 0.00000240. The molecule has 11 heteroatoms. The number of rotatable bonds is 4. The molecule has 0 radical (unpaired) electrons. The molecule has 3 atom stereocenters. The zero-order chi connectivity index (χ0) is 19.8. The van der Waals surface area contributed by atoms with Crippen LogP contribution in [0, 0.1) is 0 Å². The molecule has 0 fully saturated rings. The van der Waals surface area contributed by atoms with E-state index < -0.39 is 8.25 Å². The molecule has 9 nitrogen and oxygen atoms in total. The highest BCUT2D eigenvalue weighted by Crippen LogP contribution is 2.37. The number of nitrogens with zero attached hydrogens (tertiary/aromatic N) is 4. The summed E-state index contributed by atoms with van der Waals surface area (Å²) in [5, 5.41) is 1.67. The molecule has 0 spiro atoms. The summed E-state index contributed by atoms with van der Waals surface area (Å²) in [5.74, 6) is 7.43. The number of nitrogens with two attached hydrogens (primary N) is 2. The third-order valence-electron chi connectivity index (χ3n) is 5.21. The average Bonchev–Trinajstić information content (AvgIpc) is 2.68. The second kappa shape index (κ2) is 8.67. The fourth-order valence-corrected chi connectivity index (χ4v) is 4.09. The molecule has 4 rings (SSSR count). The van der Waals surface area contributed by atoms with E-state index in [-0.39, 0.29) is 36.1 Å².